The summed E-state index contributed by atoms with van der Waals surface area (Å²) in [5.41, 5.74) is 1.20. The molecule has 1 aliphatic heterocycles. The van der Waals surface area contributed by atoms with Gasteiger partial charge >= 0.3 is 0 Å². The van der Waals surface area contributed by atoms with Gasteiger partial charge in [0.15, 0.2) is 0 Å². The lowest BCUT2D eigenvalue weighted by Gasteiger charge is -2.24. The van der Waals surface area contributed by atoms with Crippen LogP contribution in [0.4, 0.5) is 0 Å². The van der Waals surface area contributed by atoms with E-state index in [2.05, 4.69) is 19.2 Å². The Bertz CT molecular complexity index is 436. The van der Waals surface area contributed by atoms with E-state index >= 15 is 0 Å². The largest absolute Gasteiger partial charge is 0.488 e. The molecule has 1 N–H and O–H groups in total. The molecule has 0 bridgehead atoms. The van der Waals surface area contributed by atoms with Crippen LogP contribution in [0.15, 0.2) is 18.2 Å². The van der Waals surface area contributed by atoms with Gasteiger partial charge in [-0.15, -0.1) is 0 Å². The van der Waals surface area contributed by atoms with Crippen LogP contribution >= 0.6 is 11.6 Å². The molecular formula is C16H24ClNO2. The van der Waals surface area contributed by atoms with E-state index in [1.54, 1.807) is 0 Å². The molecule has 0 radical (unpaired) electrons. The quantitative estimate of drug-likeness (QED) is 0.838. The summed E-state index contributed by atoms with van der Waals surface area (Å²) >= 11 is 6.01. The lowest BCUT2D eigenvalue weighted by Crippen LogP contribution is -2.43. The fourth-order valence-corrected chi connectivity index (χ4v) is 2.61. The number of ether oxygens (including phenoxy) is 2. The highest BCUT2D eigenvalue weighted by atomic mass is 35.5. The normalized spacial score (nSPS) is 18.9. The maximum atomic E-state index is 6.01. The predicted octanol–water partition coefficient (Wildman–Crippen LogP) is 3.29. The standard InChI is InChI=1S/C16H24ClNO2/c1-4-19-10-15(11(2)3)18-9-14-8-12-7-13(17)5-6-16(12)20-14/h5-7,11,14-15,18H,4,8-10H2,1-3H3. The average molecular weight is 298 g/mol. The second kappa shape index (κ2) is 7.30. The van der Waals surface area contributed by atoms with E-state index in [1.807, 2.05) is 25.1 Å². The highest BCUT2D eigenvalue weighted by molar-refractivity contribution is 6.30. The van der Waals surface area contributed by atoms with Crippen molar-refractivity contribution >= 4 is 11.6 Å². The molecule has 0 fully saturated rings. The first-order valence-electron chi connectivity index (χ1n) is 7.36. The monoisotopic (exact) mass is 297 g/mol. The van der Waals surface area contributed by atoms with Gasteiger partial charge in [0.25, 0.3) is 0 Å². The van der Waals surface area contributed by atoms with Crippen molar-refractivity contribution in [3.8, 4) is 5.75 Å². The number of hydrogen-bond acceptors (Lipinski definition) is 3. The second-order valence-electron chi connectivity index (χ2n) is 5.61. The molecule has 1 aromatic rings. The van der Waals surface area contributed by atoms with E-state index in [1.165, 1.54) is 5.56 Å². The zero-order valence-electron chi connectivity index (χ0n) is 12.5. The fraction of sp³-hybridized carbons (Fsp3) is 0.625. The highest BCUT2D eigenvalue weighted by Crippen LogP contribution is 2.30. The van der Waals surface area contributed by atoms with Gasteiger partial charge in [0, 0.05) is 30.6 Å². The SMILES string of the molecule is CCOCC(NCC1Cc2cc(Cl)ccc2O1)C(C)C. The summed E-state index contributed by atoms with van der Waals surface area (Å²) in [7, 11) is 0. The minimum atomic E-state index is 0.186. The van der Waals surface area contributed by atoms with Crippen LogP contribution in [-0.4, -0.2) is 31.9 Å². The zero-order chi connectivity index (χ0) is 14.5. The Hall–Kier alpha value is -0.770. The first-order valence-corrected chi connectivity index (χ1v) is 7.74. The van der Waals surface area contributed by atoms with Gasteiger partial charge in [-0.25, -0.2) is 0 Å². The Kier molecular flexibility index (Phi) is 5.70. The molecule has 0 aromatic heterocycles. The number of benzene rings is 1. The summed E-state index contributed by atoms with van der Waals surface area (Å²) in [5.74, 6) is 1.51. The smallest absolute Gasteiger partial charge is 0.123 e. The van der Waals surface area contributed by atoms with Gasteiger partial charge in [0.1, 0.15) is 11.9 Å². The molecule has 0 saturated heterocycles. The third kappa shape index (κ3) is 4.11. The first-order chi connectivity index (χ1) is 9.60. The Morgan fingerprint density at radius 3 is 2.95 bits per heavy atom. The molecule has 0 aliphatic carbocycles. The lowest BCUT2D eigenvalue weighted by molar-refractivity contribution is 0.102. The van der Waals surface area contributed by atoms with Crippen LogP contribution in [0.3, 0.4) is 0 Å². The number of hydrogen-bond donors (Lipinski definition) is 1. The van der Waals surface area contributed by atoms with E-state index in [0.717, 1.165) is 37.0 Å². The number of fused-ring (bicyclic) bond motifs is 1. The van der Waals surface area contributed by atoms with Crippen LogP contribution < -0.4 is 10.1 Å². The van der Waals surface area contributed by atoms with Crippen molar-refractivity contribution in [2.75, 3.05) is 19.8 Å². The molecule has 2 rings (SSSR count). The van der Waals surface area contributed by atoms with Crippen LogP contribution in [0.5, 0.6) is 5.75 Å². The predicted molar refractivity (Wildman–Crippen MR) is 82.7 cm³/mol. The van der Waals surface area contributed by atoms with Crippen molar-refractivity contribution in [3.63, 3.8) is 0 Å². The molecule has 0 spiro atoms. The van der Waals surface area contributed by atoms with E-state index in [9.17, 15) is 0 Å². The van der Waals surface area contributed by atoms with E-state index in [-0.39, 0.29) is 6.10 Å². The average Bonchev–Trinajstić information content (AvgIpc) is 2.80. The van der Waals surface area contributed by atoms with Gasteiger partial charge in [-0.05, 0) is 36.6 Å². The fourth-order valence-electron chi connectivity index (χ4n) is 2.42. The van der Waals surface area contributed by atoms with Crippen LogP contribution in [0.2, 0.25) is 5.02 Å². The zero-order valence-corrected chi connectivity index (χ0v) is 13.2. The summed E-state index contributed by atoms with van der Waals surface area (Å²) in [6, 6.07) is 6.20. The second-order valence-corrected chi connectivity index (χ2v) is 6.05. The van der Waals surface area contributed by atoms with Gasteiger partial charge in [-0.2, -0.15) is 0 Å². The van der Waals surface area contributed by atoms with Crippen molar-refractivity contribution < 1.29 is 9.47 Å². The Balaban J connectivity index is 1.83. The maximum absolute atomic E-state index is 6.01. The maximum Gasteiger partial charge on any atom is 0.123 e. The summed E-state index contributed by atoms with van der Waals surface area (Å²) in [6.45, 7) is 8.79. The van der Waals surface area contributed by atoms with Gasteiger partial charge < -0.3 is 14.8 Å². The Morgan fingerprint density at radius 1 is 1.45 bits per heavy atom. The van der Waals surface area contributed by atoms with Crippen molar-refractivity contribution in [1.82, 2.24) is 5.32 Å². The van der Waals surface area contributed by atoms with E-state index in [0.29, 0.717) is 12.0 Å². The van der Waals surface area contributed by atoms with Gasteiger partial charge in [0.05, 0.1) is 6.61 Å². The van der Waals surface area contributed by atoms with E-state index < -0.39 is 0 Å². The van der Waals surface area contributed by atoms with E-state index in [4.69, 9.17) is 21.1 Å². The molecule has 2 atom stereocenters. The van der Waals surface area contributed by atoms with Crippen molar-refractivity contribution in [3.05, 3.63) is 28.8 Å². The van der Waals surface area contributed by atoms with Gasteiger partial charge in [-0.1, -0.05) is 25.4 Å². The molecule has 4 heteroatoms. The minimum absolute atomic E-state index is 0.186. The molecule has 3 nitrogen and oxygen atoms in total. The third-order valence-electron chi connectivity index (χ3n) is 3.68. The number of nitrogens with one attached hydrogen (secondary N) is 1. The third-order valence-corrected chi connectivity index (χ3v) is 3.91. The van der Waals surface area contributed by atoms with Crippen LogP contribution in [0, 0.1) is 5.92 Å². The van der Waals surface area contributed by atoms with Crippen molar-refractivity contribution in [1.29, 1.82) is 0 Å². The highest BCUT2D eigenvalue weighted by Gasteiger charge is 2.24. The molecule has 2 unspecified atom stereocenters. The first kappa shape index (κ1) is 15.6. The van der Waals surface area contributed by atoms with Crippen LogP contribution in [0.25, 0.3) is 0 Å². The minimum Gasteiger partial charge on any atom is -0.488 e. The molecule has 0 amide bonds. The number of halogens is 1. The molecule has 1 aromatic carbocycles. The van der Waals surface area contributed by atoms with Crippen molar-refractivity contribution in [2.45, 2.75) is 39.3 Å². The molecule has 112 valence electrons. The molecule has 0 saturated carbocycles. The van der Waals surface area contributed by atoms with Gasteiger partial charge in [-0.3, -0.25) is 0 Å². The lowest BCUT2D eigenvalue weighted by atomic mass is 10.0. The van der Waals surface area contributed by atoms with Crippen LogP contribution in [0.1, 0.15) is 26.3 Å². The topological polar surface area (TPSA) is 30.5 Å². The molecule has 20 heavy (non-hydrogen) atoms. The summed E-state index contributed by atoms with van der Waals surface area (Å²) in [5, 5.41) is 4.34. The summed E-state index contributed by atoms with van der Waals surface area (Å²) in [4.78, 5) is 0. The van der Waals surface area contributed by atoms with Crippen LogP contribution in [-0.2, 0) is 11.2 Å². The van der Waals surface area contributed by atoms with Gasteiger partial charge in [0.2, 0.25) is 0 Å². The van der Waals surface area contributed by atoms with Crippen molar-refractivity contribution in [2.24, 2.45) is 5.92 Å². The Morgan fingerprint density at radius 2 is 2.25 bits per heavy atom. The number of rotatable bonds is 7. The summed E-state index contributed by atoms with van der Waals surface area (Å²) < 4.78 is 11.5. The molecule has 1 aliphatic rings. The molecule has 1 heterocycles. The Labute approximate surface area is 126 Å². The molecular weight excluding hydrogens is 274 g/mol. The summed E-state index contributed by atoms with van der Waals surface area (Å²) in [6.07, 6.45) is 1.11.